The third kappa shape index (κ3) is 3.05. The monoisotopic (exact) mass is 234 g/mol. The van der Waals surface area contributed by atoms with Crippen molar-refractivity contribution >= 4 is 11.6 Å². The molecule has 1 rings (SSSR count). The van der Waals surface area contributed by atoms with E-state index in [0.717, 1.165) is 0 Å². The molecule has 0 fully saturated rings. The Bertz CT molecular complexity index is 526. The molecule has 5 heteroatoms. The van der Waals surface area contributed by atoms with Crippen LogP contribution in [0.25, 0.3) is 0 Å². The van der Waals surface area contributed by atoms with Gasteiger partial charge in [0.15, 0.2) is 5.57 Å². The van der Waals surface area contributed by atoms with Crippen molar-refractivity contribution in [3.63, 3.8) is 0 Å². The van der Waals surface area contributed by atoms with Crippen LogP contribution < -0.4 is 5.32 Å². The second kappa shape index (κ2) is 5.12. The minimum absolute atomic E-state index is 0.358. The highest BCUT2D eigenvalue weighted by atomic mass is 19.1. The zero-order valence-electron chi connectivity index (χ0n) is 9.41. The molecule has 4 nitrogen and oxygen atoms in total. The van der Waals surface area contributed by atoms with Gasteiger partial charge in [0.1, 0.15) is 17.6 Å². The molecule has 88 valence electrons. The van der Waals surface area contributed by atoms with E-state index in [1.165, 1.54) is 25.1 Å². The number of carbonyl (C=O) groups is 1. The molecule has 1 aromatic rings. The molecule has 0 bridgehead atoms. The minimum atomic E-state index is -0.724. The van der Waals surface area contributed by atoms with E-state index in [-0.39, 0.29) is 17.1 Å². The van der Waals surface area contributed by atoms with E-state index in [1.807, 2.05) is 0 Å². The van der Waals surface area contributed by atoms with Crippen molar-refractivity contribution in [2.45, 2.75) is 13.8 Å². The highest BCUT2D eigenvalue weighted by Gasteiger charge is 2.12. The summed E-state index contributed by atoms with van der Waals surface area (Å²) in [5, 5.41) is 20.1. The van der Waals surface area contributed by atoms with Crippen LogP contribution in [0.3, 0.4) is 0 Å². The quantitative estimate of drug-likeness (QED) is 0.469. The fraction of sp³-hybridized carbons (Fsp3) is 0.167. The van der Waals surface area contributed by atoms with Crippen LogP contribution in [-0.4, -0.2) is 11.0 Å². The van der Waals surface area contributed by atoms with Gasteiger partial charge in [-0.1, -0.05) is 0 Å². The van der Waals surface area contributed by atoms with Crippen LogP contribution in [0.15, 0.2) is 29.5 Å². The van der Waals surface area contributed by atoms with Gasteiger partial charge in [0.2, 0.25) is 0 Å². The number of carbonyl (C=O) groups excluding carboxylic acids is 1. The Hall–Kier alpha value is -2.35. The largest absolute Gasteiger partial charge is 0.511 e. The van der Waals surface area contributed by atoms with Crippen molar-refractivity contribution in [2.24, 2.45) is 0 Å². The maximum absolute atomic E-state index is 13.0. The topological polar surface area (TPSA) is 73.1 Å². The number of aryl methyl sites for hydroxylation is 1. The van der Waals surface area contributed by atoms with Crippen LogP contribution in [0.2, 0.25) is 0 Å². The number of hydrogen-bond acceptors (Lipinski definition) is 3. The first-order valence-electron chi connectivity index (χ1n) is 4.83. The lowest BCUT2D eigenvalue weighted by Crippen LogP contribution is -2.15. The lowest BCUT2D eigenvalue weighted by atomic mass is 10.2. The molecular formula is C12H11FN2O2. The summed E-state index contributed by atoms with van der Waals surface area (Å²) >= 11 is 0. The number of aliphatic hydroxyl groups excluding tert-OH is 1. The molecule has 0 saturated carbocycles. The third-order valence-corrected chi connectivity index (χ3v) is 2.12. The summed E-state index contributed by atoms with van der Waals surface area (Å²) in [6.45, 7) is 2.80. The molecular weight excluding hydrogens is 223 g/mol. The number of nitrogens with one attached hydrogen (secondary N) is 1. The number of nitriles is 1. The molecule has 0 unspecified atom stereocenters. The molecule has 0 aliphatic carbocycles. The molecule has 0 saturated heterocycles. The number of anilines is 1. The van der Waals surface area contributed by atoms with Crippen LogP contribution in [0, 0.1) is 24.1 Å². The van der Waals surface area contributed by atoms with Crippen LogP contribution >= 0.6 is 0 Å². The molecule has 0 aliphatic rings. The summed E-state index contributed by atoms with van der Waals surface area (Å²) in [6.07, 6.45) is 0. The molecule has 17 heavy (non-hydrogen) atoms. The molecule has 0 spiro atoms. The van der Waals surface area contributed by atoms with Crippen LogP contribution in [0.1, 0.15) is 12.5 Å². The maximum atomic E-state index is 13.0. The van der Waals surface area contributed by atoms with Gasteiger partial charge in [-0.15, -0.1) is 0 Å². The van der Waals surface area contributed by atoms with Gasteiger partial charge < -0.3 is 10.4 Å². The Kier molecular flexibility index (Phi) is 3.83. The Morgan fingerprint density at radius 1 is 1.53 bits per heavy atom. The number of benzene rings is 1. The second-order valence-corrected chi connectivity index (χ2v) is 3.49. The zero-order chi connectivity index (χ0) is 13.0. The Morgan fingerprint density at radius 2 is 2.18 bits per heavy atom. The standard InChI is InChI=1S/C12H11FN2O2/c1-7-5-9(3-4-11(7)13)15-12(17)10(6-14)8(2)16/h3-5,16H,1-2H3,(H,15,17)/b10-8-. The number of nitrogens with zero attached hydrogens (tertiary/aromatic N) is 1. The van der Waals surface area contributed by atoms with Crippen molar-refractivity contribution in [1.29, 1.82) is 5.26 Å². The molecule has 0 heterocycles. The number of allylic oxidation sites excluding steroid dienone is 1. The smallest absolute Gasteiger partial charge is 0.269 e. The summed E-state index contributed by atoms with van der Waals surface area (Å²) in [5.41, 5.74) is 0.376. The maximum Gasteiger partial charge on any atom is 0.269 e. The summed E-state index contributed by atoms with van der Waals surface area (Å²) in [6, 6.07) is 5.62. The second-order valence-electron chi connectivity index (χ2n) is 3.49. The van der Waals surface area contributed by atoms with E-state index >= 15 is 0 Å². The highest BCUT2D eigenvalue weighted by Crippen LogP contribution is 2.14. The Balaban J connectivity index is 2.93. The Morgan fingerprint density at radius 3 is 2.65 bits per heavy atom. The van der Waals surface area contributed by atoms with E-state index in [4.69, 9.17) is 10.4 Å². The molecule has 0 aliphatic heterocycles. The molecule has 0 aromatic heterocycles. The predicted octanol–water partition coefficient (Wildman–Crippen LogP) is 2.43. The van der Waals surface area contributed by atoms with Gasteiger partial charge in [-0.2, -0.15) is 5.26 Å². The zero-order valence-corrected chi connectivity index (χ0v) is 9.41. The summed E-state index contributed by atoms with van der Waals surface area (Å²) < 4.78 is 13.0. The van der Waals surface area contributed by atoms with Crippen LogP contribution in [0.5, 0.6) is 0 Å². The first kappa shape index (κ1) is 12.7. The average molecular weight is 234 g/mol. The van der Waals surface area contributed by atoms with E-state index in [9.17, 15) is 9.18 Å². The molecule has 0 radical (unpaired) electrons. The van der Waals surface area contributed by atoms with Gasteiger partial charge in [0.25, 0.3) is 5.91 Å². The number of rotatable bonds is 2. The fourth-order valence-corrected chi connectivity index (χ4v) is 1.21. The minimum Gasteiger partial charge on any atom is -0.511 e. The fourth-order valence-electron chi connectivity index (χ4n) is 1.21. The molecule has 1 amide bonds. The lowest BCUT2D eigenvalue weighted by Gasteiger charge is -2.06. The van der Waals surface area contributed by atoms with E-state index in [1.54, 1.807) is 13.0 Å². The van der Waals surface area contributed by atoms with Crippen molar-refractivity contribution in [3.8, 4) is 6.07 Å². The van der Waals surface area contributed by atoms with Crippen molar-refractivity contribution in [3.05, 3.63) is 40.9 Å². The van der Waals surface area contributed by atoms with Gasteiger partial charge in [0, 0.05) is 5.69 Å². The summed E-state index contributed by atoms with van der Waals surface area (Å²) in [4.78, 5) is 11.5. The van der Waals surface area contributed by atoms with E-state index in [0.29, 0.717) is 11.3 Å². The first-order chi connectivity index (χ1) is 7.95. The highest BCUT2D eigenvalue weighted by molar-refractivity contribution is 6.06. The van der Waals surface area contributed by atoms with Crippen molar-refractivity contribution in [2.75, 3.05) is 5.32 Å². The van der Waals surface area contributed by atoms with Gasteiger partial charge >= 0.3 is 0 Å². The van der Waals surface area contributed by atoms with Crippen molar-refractivity contribution in [1.82, 2.24) is 0 Å². The van der Waals surface area contributed by atoms with E-state index < -0.39 is 5.91 Å². The SMILES string of the molecule is C/C(O)=C(\C#N)C(=O)Nc1ccc(F)c(C)c1. The molecule has 0 atom stereocenters. The normalized spacial score (nSPS) is 11.4. The summed E-state index contributed by atoms with van der Waals surface area (Å²) in [5.74, 6) is -1.46. The number of amides is 1. The number of hydrogen-bond donors (Lipinski definition) is 2. The van der Waals surface area contributed by atoms with Crippen LogP contribution in [-0.2, 0) is 4.79 Å². The van der Waals surface area contributed by atoms with Crippen molar-refractivity contribution < 1.29 is 14.3 Å². The van der Waals surface area contributed by atoms with Gasteiger partial charge in [-0.05, 0) is 37.6 Å². The number of halogens is 1. The predicted molar refractivity (Wildman–Crippen MR) is 60.7 cm³/mol. The third-order valence-electron chi connectivity index (χ3n) is 2.12. The van der Waals surface area contributed by atoms with Gasteiger partial charge in [0.05, 0.1) is 0 Å². The van der Waals surface area contributed by atoms with E-state index in [2.05, 4.69) is 5.32 Å². The first-order valence-corrected chi connectivity index (χ1v) is 4.83. The Labute approximate surface area is 98.0 Å². The van der Waals surface area contributed by atoms with Gasteiger partial charge in [-0.3, -0.25) is 4.79 Å². The van der Waals surface area contributed by atoms with Gasteiger partial charge in [-0.25, -0.2) is 4.39 Å². The summed E-state index contributed by atoms with van der Waals surface area (Å²) in [7, 11) is 0. The average Bonchev–Trinajstić information content (AvgIpc) is 2.24. The number of aliphatic hydroxyl groups is 1. The molecule has 1 aromatic carbocycles. The molecule has 2 N–H and O–H groups in total. The lowest BCUT2D eigenvalue weighted by molar-refractivity contribution is -0.112. The van der Waals surface area contributed by atoms with Crippen LogP contribution in [0.4, 0.5) is 10.1 Å².